The molecule has 0 amide bonds. The first-order valence-corrected chi connectivity index (χ1v) is 12.7. The Balaban J connectivity index is 1.79. The molecule has 3 fully saturated rings. The summed E-state index contributed by atoms with van der Waals surface area (Å²) in [7, 11) is 0. The highest BCUT2D eigenvalue weighted by Gasteiger charge is 2.59. The Hall–Kier alpha value is -1.86. The second kappa shape index (κ2) is 11.5. The number of hydrogen-bond acceptors (Lipinski definition) is 11. The van der Waals surface area contributed by atoms with Crippen molar-refractivity contribution in [3.05, 3.63) is 23.8 Å². The van der Waals surface area contributed by atoms with E-state index in [4.69, 9.17) is 14.6 Å². The van der Waals surface area contributed by atoms with Crippen molar-refractivity contribution in [2.24, 2.45) is 22.7 Å². The first-order valence-electron chi connectivity index (χ1n) is 12.7. The molecule has 0 aromatic rings. The fourth-order valence-corrected chi connectivity index (χ4v) is 6.61. The van der Waals surface area contributed by atoms with Crippen molar-refractivity contribution in [3.63, 3.8) is 0 Å². The fraction of sp³-hybridized carbons (Fsp3) is 0.769. The minimum atomic E-state index is -2.17. The topological polar surface area (TPSA) is 194 Å². The zero-order valence-electron chi connectivity index (χ0n) is 21.3. The van der Waals surface area contributed by atoms with E-state index in [0.717, 1.165) is 5.57 Å². The standard InChI is InChI=1S/C26H40O11/c1-13-4-7-18-25(2,15(13)6-5-14-17(30)11-36-23(14)34)9-8-19(26(18,3)12-28)37-24(35)22(33)21(32)20(31)16(29)10-27/h5,15-22,27-33H,1,4,6-12H2,2-3H3/b14-5-/t15-,16-,17?,18?,19-,20+,21+,22-,25+,26+/m1/s1. The van der Waals surface area contributed by atoms with Crippen LogP contribution < -0.4 is 0 Å². The lowest BCUT2D eigenvalue weighted by molar-refractivity contribution is -0.202. The van der Waals surface area contributed by atoms with Gasteiger partial charge in [0.2, 0.25) is 0 Å². The molecular weight excluding hydrogens is 488 g/mol. The van der Waals surface area contributed by atoms with Crippen molar-refractivity contribution in [1.82, 2.24) is 0 Å². The van der Waals surface area contributed by atoms with E-state index in [-0.39, 0.29) is 36.0 Å². The molecule has 0 bridgehead atoms. The van der Waals surface area contributed by atoms with E-state index in [1.807, 2.05) is 6.92 Å². The Morgan fingerprint density at radius 1 is 1.19 bits per heavy atom. The number of aliphatic hydroxyl groups is 7. The minimum Gasteiger partial charge on any atom is -0.460 e. The van der Waals surface area contributed by atoms with Crippen molar-refractivity contribution in [2.75, 3.05) is 19.8 Å². The van der Waals surface area contributed by atoms with Crippen LogP contribution in [0.25, 0.3) is 0 Å². The molecule has 210 valence electrons. The number of fused-ring (bicyclic) bond motifs is 1. The summed E-state index contributed by atoms with van der Waals surface area (Å²) in [5.41, 5.74) is -0.0527. The normalized spacial score (nSPS) is 38.5. The highest BCUT2D eigenvalue weighted by molar-refractivity contribution is 5.91. The zero-order valence-corrected chi connectivity index (χ0v) is 21.3. The van der Waals surface area contributed by atoms with Gasteiger partial charge in [0.25, 0.3) is 0 Å². The number of allylic oxidation sites excluding steroid dienone is 2. The maximum Gasteiger partial charge on any atom is 0.338 e. The monoisotopic (exact) mass is 528 g/mol. The SMILES string of the molecule is C=C1CCC2[C@](C)(CO)[C@H](OC(=O)[C@H](O)[C@@H](O)[C@@H](O)[C@H](O)CO)CC[C@@]2(C)[C@@H]1C/C=C1\C(=O)OCC1O. The van der Waals surface area contributed by atoms with Crippen LogP contribution in [0, 0.1) is 22.7 Å². The van der Waals surface area contributed by atoms with Gasteiger partial charge < -0.3 is 45.2 Å². The number of ether oxygens (including phenoxy) is 2. The number of rotatable bonds is 9. The molecule has 1 heterocycles. The summed E-state index contributed by atoms with van der Waals surface area (Å²) in [6.45, 7) is 6.89. The zero-order chi connectivity index (χ0) is 27.7. The molecule has 2 saturated carbocycles. The number of aliphatic hydroxyl groups excluding tert-OH is 7. The van der Waals surface area contributed by atoms with Crippen LogP contribution in [0.5, 0.6) is 0 Å². The number of esters is 2. The Morgan fingerprint density at radius 2 is 1.86 bits per heavy atom. The second-order valence-corrected chi connectivity index (χ2v) is 11.1. The quantitative estimate of drug-likeness (QED) is 0.110. The highest BCUT2D eigenvalue weighted by atomic mass is 16.6. The Morgan fingerprint density at radius 3 is 2.43 bits per heavy atom. The molecule has 0 radical (unpaired) electrons. The van der Waals surface area contributed by atoms with E-state index >= 15 is 0 Å². The molecule has 11 nitrogen and oxygen atoms in total. The molecule has 0 aromatic carbocycles. The molecule has 3 aliphatic rings. The molecule has 2 unspecified atom stereocenters. The summed E-state index contributed by atoms with van der Waals surface area (Å²) in [6.07, 6.45) is -5.36. The van der Waals surface area contributed by atoms with Crippen LogP contribution in [0.15, 0.2) is 23.8 Å². The second-order valence-electron chi connectivity index (χ2n) is 11.1. The molecule has 11 heteroatoms. The van der Waals surface area contributed by atoms with Crippen LogP contribution >= 0.6 is 0 Å². The third-order valence-corrected chi connectivity index (χ3v) is 8.95. The summed E-state index contributed by atoms with van der Waals surface area (Å²) in [5.74, 6) is -1.94. The largest absolute Gasteiger partial charge is 0.460 e. The van der Waals surface area contributed by atoms with E-state index < -0.39 is 60.6 Å². The molecule has 0 spiro atoms. The molecule has 2 aliphatic carbocycles. The maximum absolute atomic E-state index is 12.7. The molecular formula is C26H40O11. The van der Waals surface area contributed by atoms with Gasteiger partial charge in [-0.2, -0.15) is 0 Å². The van der Waals surface area contributed by atoms with Crippen LogP contribution in [0.1, 0.15) is 46.0 Å². The van der Waals surface area contributed by atoms with Crippen molar-refractivity contribution in [2.45, 2.75) is 82.6 Å². The van der Waals surface area contributed by atoms with Gasteiger partial charge in [-0.25, -0.2) is 9.59 Å². The van der Waals surface area contributed by atoms with Crippen LogP contribution in [0.3, 0.4) is 0 Å². The van der Waals surface area contributed by atoms with Crippen molar-refractivity contribution in [3.8, 4) is 0 Å². The van der Waals surface area contributed by atoms with Gasteiger partial charge in [-0.1, -0.05) is 32.1 Å². The number of hydrogen-bond donors (Lipinski definition) is 7. The van der Waals surface area contributed by atoms with Crippen LogP contribution in [0.4, 0.5) is 0 Å². The van der Waals surface area contributed by atoms with Gasteiger partial charge in [-0.3, -0.25) is 0 Å². The Labute approximate surface area is 216 Å². The molecule has 10 atom stereocenters. The highest BCUT2D eigenvalue weighted by Crippen LogP contribution is 2.62. The van der Waals surface area contributed by atoms with Crippen LogP contribution in [-0.4, -0.2) is 104 Å². The van der Waals surface area contributed by atoms with Gasteiger partial charge in [0.15, 0.2) is 6.10 Å². The van der Waals surface area contributed by atoms with E-state index in [9.17, 15) is 40.2 Å². The van der Waals surface area contributed by atoms with Gasteiger partial charge in [0.1, 0.15) is 37.1 Å². The van der Waals surface area contributed by atoms with E-state index in [1.54, 1.807) is 6.08 Å². The van der Waals surface area contributed by atoms with Gasteiger partial charge in [0.05, 0.1) is 18.8 Å². The van der Waals surface area contributed by atoms with Crippen LogP contribution in [-0.2, 0) is 19.1 Å². The smallest absolute Gasteiger partial charge is 0.338 e. The van der Waals surface area contributed by atoms with E-state index in [2.05, 4.69) is 13.5 Å². The van der Waals surface area contributed by atoms with Crippen molar-refractivity contribution in [1.29, 1.82) is 0 Å². The van der Waals surface area contributed by atoms with Crippen molar-refractivity contribution < 1.29 is 54.8 Å². The lowest BCUT2D eigenvalue weighted by Crippen LogP contribution is -2.59. The van der Waals surface area contributed by atoms with E-state index in [0.29, 0.717) is 32.1 Å². The summed E-state index contributed by atoms with van der Waals surface area (Å²) in [5, 5.41) is 69.2. The molecule has 1 saturated heterocycles. The van der Waals surface area contributed by atoms with E-state index in [1.165, 1.54) is 0 Å². The third kappa shape index (κ3) is 5.49. The molecule has 0 aromatic heterocycles. The van der Waals surface area contributed by atoms with Gasteiger partial charge in [0, 0.05) is 5.41 Å². The average Bonchev–Trinajstić information content (AvgIpc) is 3.20. The predicted octanol–water partition coefficient (Wildman–Crippen LogP) is -1.05. The van der Waals surface area contributed by atoms with Gasteiger partial charge in [-0.05, 0) is 49.4 Å². The number of carbonyl (C=O) groups excluding carboxylic acids is 2. The maximum atomic E-state index is 12.7. The third-order valence-electron chi connectivity index (χ3n) is 8.95. The minimum absolute atomic E-state index is 0.0654. The summed E-state index contributed by atoms with van der Waals surface area (Å²) < 4.78 is 10.5. The Kier molecular flexibility index (Phi) is 9.22. The lowest BCUT2D eigenvalue weighted by Gasteiger charge is -2.60. The molecule has 3 rings (SSSR count). The summed E-state index contributed by atoms with van der Waals surface area (Å²) in [6, 6.07) is 0. The molecule has 1 aliphatic heterocycles. The Bertz CT molecular complexity index is 903. The summed E-state index contributed by atoms with van der Waals surface area (Å²) >= 11 is 0. The van der Waals surface area contributed by atoms with Gasteiger partial charge >= 0.3 is 11.9 Å². The first-order chi connectivity index (χ1) is 17.3. The lowest BCUT2D eigenvalue weighted by atomic mass is 9.46. The number of carbonyl (C=O) groups is 2. The predicted molar refractivity (Wildman–Crippen MR) is 129 cm³/mol. The molecule has 7 N–H and O–H groups in total. The molecule has 37 heavy (non-hydrogen) atoms. The summed E-state index contributed by atoms with van der Waals surface area (Å²) in [4.78, 5) is 24.6. The van der Waals surface area contributed by atoms with Gasteiger partial charge in [-0.15, -0.1) is 0 Å². The number of cyclic esters (lactones) is 1. The first kappa shape index (κ1) is 29.7. The average molecular weight is 529 g/mol. The van der Waals surface area contributed by atoms with Crippen LogP contribution in [0.2, 0.25) is 0 Å². The fourth-order valence-electron chi connectivity index (χ4n) is 6.61. The van der Waals surface area contributed by atoms with Crippen molar-refractivity contribution >= 4 is 11.9 Å².